The van der Waals surface area contributed by atoms with Crippen molar-refractivity contribution in [3.8, 4) is 11.3 Å². The SMILES string of the molecule is CCCc1nc(NCC)c(C)c(-c2ccccc2Cl)n1. The van der Waals surface area contributed by atoms with Crippen LogP contribution in [0, 0.1) is 6.92 Å². The number of aromatic nitrogens is 2. The summed E-state index contributed by atoms with van der Waals surface area (Å²) < 4.78 is 0. The fourth-order valence-corrected chi connectivity index (χ4v) is 2.38. The van der Waals surface area contributed by atoms with Gasteiger partial charge in [0.25, 0.3) is 0 Å². The third kappa shape index (κ3) is 3.10. The van der Waals surface area contributed by atoms with Crippen LogP contribution in [-0.2, 0) is 6.42 Å². The molecule has 4 heteroatoms. The number of nitrogens with zero attached hydrogens (tertiary/aromatic N) is 2. The van der Waals surface area contributed by atoms with Gasteiger partial charge >= 0.3 is 0 Å². The highest BCUT2D eigenvalue weighted by atomic mass is 35.5. The van der Waals surface area contributed by atoms with E-state index in [0.717, 1.165) is 52.9 Å². The van der Waals surface area contributed by atoms with Gasteiger partial charge in [-0.05, 0) is 26.3 Å². The zero-order valence-corrected chi connectivity index (χ0v) is 13.0. The van der Waals surface area contributed by atoms with Crippen LogP contribution in [0.5, 0.6) is 0 Å². The molecule has 1 aromatic heterocycles. The van der Waals surface area contributed by atoms with Gasteiger partial charge in [0, 0.05) is 29.1 Å². The molecule has 0 spiro atoms. The summed E-state index contributed by atoms with van der Waals surface area (Å²) >= 11 is 6.31. The van der Waals surface area contributed by atoms with Crippen molar-refractivity contribution in [1.29, 1.82) is 0 Å². The lowest BCUT2D eigenvalue weighted by Crippen LogP contribution is -2.08. The van der Waals surface area contributed by atoms with Gasteiger partial charge < -0.3 is 5.32 Å². The van der Waals surface area contributed by atoms with Crippen LogP contribution >= 0.6 is 11.6 Å². The first kappa shape index (κ1) is 14.8. The smallest absolute Gasteiger partial charge is 0.133 e. The Morgan fingerprint density at radius 2 is 1.90 bits per heavy atom. The van der Waals surface area contributed by atoms with E-state index in [1.807, 2.05) is 31.2 Å². The second-order valence-corrected chi connectivity index (χ2v) is 5.13. The molecule has 0 aliphatic carbocycles. The second kappa shape index (κ2) is 6.71. The fraction of sp³-hybridized carbons (Fsp3) is 0.375. The molecule has 0 radical (unpaired) electrons. The Morgan fingerprint density at radius 1 is 1.15 bits per heavy atom. The zero-order valence-electron chi connectivity index (χ0n) is 12.2. The van der Waals surface area contributed by atoms with E-state index in [1.165, 1.54) is 0 Å². The molecule has 1 aromatic carbocycles. The van der Waals surface area contributed by atoms with Gasteiger partial charge in [-0.3, -0.25) is 0 Å². The maximum absolute atomic E-state index is 6.31. The largest absolute Gasteiger partial charge is 0.370 e. The predicted octanol–water partition coefficient (Wildman–Crippen LogP) is 4.49. The van der Waals surface area contributed by atoms with Crippen molar-refractivity contribution in [2.75, 3.05) is 11.9 Å². The second-order valence-electron chi connectivity index (χ2n) is 4.72. The molecule has 1 N–H and O–H groups in total. The van der Waals surface area contributed by atoms with Gasteiger partial charge in [-0.1, -0.05) is 36.7 Å². The number of halogens is 1. The number of rotatable bonds is 5. The van der Waals surface area contributed by atoms with Gasteiger partial charge in [-0.15, -0.1) is 0 Å². The van der Waals surface area contributed by atoms with Gasteiger partial charge in [-0.2, -0.15) is 0 Å². The molecule has 0 bridgehead atoms. The van der Waals surface area contributed by atoms with Crippen molar-refractivity contribution in [3.05, 3.63) is 40.7 Å². The number of hydrogen-bond donors (Lipinski definition) is 1. The minimum Gasteiger partial charge on any atom is -0.370 e. The first-order valence-corrected chi connectivity index (χ1v) is 7.41. The van der Waals surface area contributed by atoms with E-state index in [2.05, 4.69) is 24.1 Å². The summed E-state index contributed by atoms with van der Waals surface area (Å²) in [4.78, 5) is 9.30. The summed E-state index contributed by atoms with van der Waals surface area (Å²) in [7, 11) is 0. The Bertz CT molecular complexity index is 596. The Balaban J connectivity index is 2.59. The van der Waals surface area contributed by atoms with Crippen molar-refractivity contribution >= 4 is 17.4 Å². The number of anilines is 1. The van der Waals surface area contributed by atoms with Crippen molar-refractivity contribution in [2.24, 2.45) is 0 Å². The topological polar surface area (TPSA) is 37.8 Å². The van der Waals surface area contributed by atoms with E-state index in [9.17, 15) is 0 Å². The van der Waals surface area contributed by atoms with Crippen LogP contribution in [0.25, 0.3) is 11.3 Å². The molecule has 0 aliphatic heterocycles. The minimum atomic E-state index is 0.721. The van der Waals surface area contributed by atoms with E-state index < -0.39 is 0 Å². The summed E-state index contributed by atoms with van der Waals surface area (Å²) in [5.41, 5.74) is 2.93. The summed E-state index contributed by atoms with van der Waals surface area (Å²) in [5, 5.41) is 4.03. The first-order chi connectivity index (χ1) is 9.67. The van der Waals surface area contributed by atoms with Crippen LogP contribution in [0.3, 0.4) is 0 Å². The minimum absolute atomic E-state index is 0.721. The van der Waals surface area contributed by atoms with Crippen LogP contribution < -0.4 is 5.32 Å². The zero-order chi connectivity index (χ0) is 14.5. The fourth-order valence-electron chi connectivity index (χ4n) is 2.15. The molecular formula is C16H20ClN3. The number of aryl methyl sites for hydroxylation is 1. The molecule has 2 aromatic rings. The van der Waals surface area contributed by atoms with Gasteiger partial charge in [0.2, 0.25) is 0 Å². The highest BCUT2D eigenvalue weighted by molar-refractivity contribution is 6.33. The van der Waals surface area contributed by atoms with E-state index >= 15 is 0 Å². The standard InChI is InChI=1S/C16H20ClN3/c1-4-8-14-19-15(11(3)16(20-14)18-5-2)12-9-6-7-10-13(12)17/h6-7,9-10H,4-5,8H2,1-3H3,(H,18,19,20). The number of benzene rings is 1. The highest BCUT2D eigenvalue weighted by Crippen LogP contribution is 2.31. The van der Waals surface area contributed by atoms with Crippen LogP contribution in [0.15, 0.2) is 24.3 Å². The summed E-state index contributed by atoms with van der Waals surface area (Å²) in [5.74, 6) is 1.77. The molecule has 0 saturated carbocycles. The molecule has 20 heavy (non-hydrogen) atoms. The molecular weight excluding hydrogens is 270 g/mol. The average molecular weight is 290 g/mol. The van der Waals surface area contributed by atoms with Crippen molar-refractivity contribution in [2.45, 2.75) is 33.6 Å². The molecule has 0 fully saturated rings. The van der Waals surface area contributed by atoms with E-state index in [0.29, 0.717) is 0 Å². The molecule has 0 amide bonds. The van der Waals surface area contributed by atoms with E-state index in [4.69, 9.17) is 16.6 Å². The lowest BCUT2D eigenvalue weighted by molar-refractivity contribution is 0.833. The first-order valence-electron chi connectivity index (χ1n) is 7.03. The molecule has 0 saturated heterocycles. The summed E-state index contributed by atoms with van der Waals surface area (Å²) in [6, 6.07) is 7.81. The Morgan fingerprint density at radius 3 is 2.55 bits per heavy atom. The monoisotopic (exact) mass is 289 g/mol. The van der Waals surface area contributed by atoms with E-state index in [1.54, 1.807) is 0 Å². The maximum Gasteiger partial charge on any atom is 0.133 e. The predicted molar refractivity (Wildman–Crippen MR) is 85.4 cm³/mol. The van der Waals surface area contributed by atoms with Crippen LogP contribution in [0.4, 0.5) is 5.82 Å². The maximum atomic E-state index is 6.31. The molecule has 106 valence electrons. The van der Waals surface area contributed by atoms with Gasteiger partial charge in [0.15, 0.2) is 0 Å². The molecule has 0 unspecified atom stereocenters. The Hall–Kier alpha value is -1.61. The van der Waals surface area contributed by atoms with Crippen LogP contribution in [-0.4, -0.2) is 16.5 Å². The van der Waals surface area contributed by atoms with Crippen molar-refractivity contribution < 1.29 is 0 Å². The van der Waals surface area contributed by atoms with Gasteiger partial charge in [0.05, 0.1) is 5.69 Å². The van der Waals surface area contributed by atoms with E-state index in [-0.39, 0.29) is 0 Å². The molecule has 2 rings (SSSR count). The highest BCUT2D eigenvalue weighted by Gasteiger charge is 2.14. The molecule has 0 atom stereocenters. The lowest BCUT2D eigenvalue weighted by Gasteiger charge is -2.14. The Labute approximate surface area is 125 Å². The number of nitrogens with one attached hydrogen (secondary N) is 1. The Kier molecular flexibility index (Phi) is 4.96. The summed E-state index contributed by atoms with van der Waals surface area (Å²) in [6.07, 6.45) is 1.90. The third-order valence-corrected chi connectivity index (χ3v) is 3.47. The molecule has 1 heterocycles. The summed E-state index contributed by atoms with van der Waals surface area (Å²) in [6.45, 7) is 7.07. The van der Waals surface area contributed by atoms with Crippen LogP contribution in [0.2, 0.25) is 5.02 Å². The van der Waals surface area contributed by atoms with Gasteiger partial charge in [0.1, 0.15) is 11.6 Å². The van der Waals surface area contributed by atoms with Crippen molar-refractivity contribution in [3.63, 3.8) is 0 Å². The normalized spacial score (nSPS) is 10.6. The molecule has 0 aliphatic rings. The van der Waals surface area contributed by atoms with Crippen LogP contribution in [0.1, 0.15) is 31.7 Å². The van der Waals surface area contributed by atoms with Gasteiger partial charge in [-0.25, -0.2) is 9.97 Å². The van der Waals surface area contributed by atoms with Crippen molar-refractivity contribution in [1.82, 2.24) is 9.97 Å². The number of hydrogen-bond acceptors (Lipinski definition) is 3. The third-order valence-electron chi connectivity index (χ3n) is 3.14. The molecule has 3 nitrogen and oxygen atoms in total. The average Bonchev–Trinajstić information content (AvgIpc) is 2.44. The quantitative estimate of drug-likeness (QED) is 0.881. The lowest BCUT2D eigenvalue weighted by atomic mass is 10.1.